The molecule has 0 spiro atoms. The van der Waals surface area contributed by atoms with Crippen LogP contribution < -0.4 is 0 Å². The van der Waals surface area contributed by atoms with E-state index in [4.69, 9.17) is 0 Å². The second kappa shape index (κ2) is 7.62. The highest BCUT2D eigenvalue weighted by atomic mass is 16.4. The number of benzene rings is 2. The molecule has 0 aliphatic heterocycles. The lowest BCUT2D eigenvalue weighted by Gasteiger charge is -2.11. The van der Waals surface area contributed by atoms with Crippen LogP contribution in [0.4, 0.5) is 0 Å². The van der Waals surface area contributed by atoms with E-state index in [1.165, 1.54) is 0 Å². The van der Waals surface area contributed by atoms with Crippen LogP contribution in [0.2, 0.25) is 0 Å². The zero-order chi connectivity index (χ0) is 17.6. The normalized spacial score (nSPS) is 10.6. The maximum atomic E-state index is 11.9. The minimum atomic E-state index is -0.959. The minimum Gasteiger partial charge on any atom is -0.477 e. The summed E-state index contributed by atoms with van der Waals surface area (Å²) in [6, 6.07) is 19.8. The molecule has 1 N–H and O–H groups in total. The fourth-order valence-corrected chi connectivity index (χ4v) is 2.92. The number of hydrogen-bond donors (Lipinski definition) is 1. The third-order valence-corrected chi connectivity index (χ3v) is 4.05. The fraction of sp³-hybridized carbons (Fsp3) is 0.143. The Hall–Kier alpha value is -3.14. The molecule has 4 heteroatoms. The van der Waals surface area contributed by atoms with Gasteiger partial charge in [-0.3, -0.25) is 0 Å². The summed E-state index contributed by atoms with van der Waals surface area (Å²) in [6.07, 6.45) is 2.71. The summed E-state index contributed by atoms with van der Waals surface area (Å²) in [5, 5.41) is 9.74. The van der Waals surface area contributed by atoms with Gasteiger partial charge in [-0.2, -0.15) is 0 Å². The molecule has 0 aliphatic carbocycles. The molecule has 0 aliphatic rings. The molecule has 1 aromatic heterocycles. The van der Waals surface area contributed by atoms with Crippen molar-refractivity contribution >= 4 is 5.97 Å². The van der Waals surface area contributed by atoms with Crippen molar-refractivity contribution in [2.24, 2.45) is 0 Å². The molecule has 4 nitrogen and oxygen atoms in total. The van der Waals surface area contributed by atoms with Crippen LogP contribution in [-0.4, -0.2) is 20.6 Å². The summed E-state index contributed by atoms with van der Waals surface area (Å²) >= 11 is 0. The van der Waals surface area contributed by atoms with E-state index in [1.54, 1.807) is 6.08 Å². The largest absolute Gasteiger partial charge is 0.477 e. The van der Waals surface area contributed by atoms with Gasteiger partial charge in [-0.1, -0.05) is 66.7 Å². The van der Waals surface area contributed by atoms with Crippen LogP contribution in [0.3, 0.4) is 0 Å². The summed E-state index contributed by atoms with van der Waals surface area (Å²) < 4.78 is 1.81. The van der Waals surface area contributed by atoms with E-state index < -0.39 is 5.97 Å². The number of allylic oxidation sites excluding steroid dienone is 1. The van der Waals surface area contributed by atoms with E-state index in [0.717, 1.165) is 17.0 Å². The first-order chi connectivity index (χ1) is 12.2. The highest BCUT2D eigenvalue weighted by molar-refractivity contribution is 5.87. The van der Waals surface area contributed by atoms with Gasteiger partial charge in [-0.15, -0.1) is 6.58 Å². The second-order valence-electron chi connectivity index (χ2n) is 5.86. The Bertz CT molecular complexity index is 868. The zero-order valence-corrected chi connectivity index (χ0v) is 13.9. The van der Waals surface area contributed by atoms with Gasteiger partial charge >= 0.3 is 5.97 Å². The average Bonchev–Trinajstić information content (AvgIpc) is 2.94. The van der Waals surface area contributed by atoms with E-state index in [0.29, 0.717) is 25.1 Å². The van der Waals surface area contributed by atoms with E-state index in [-0.39, 0.29) is 5.69 Å². The fourth-order valence-electron chi connectivity index (χ4n) is 2.92. The number of imidazole rings is 1. The molecule has 3 aromatic rings. The minimum absolute atomic E-state index is 0.245. The van der Waals surface area contributed by atoms with Crippen molar-refractivity contribution in [2.75, 3.05) is 0 Å². The van der Waals surface area contributed by atoms with E-state index in [9.17, 15) is 9.90 Å². The first-order valence-electron chi connectivity index (χ1n) is 8.19. The van der Waals surface area contributed by atoms with Gasteiger partial charge in [0.1, 0.15) is 5.82 Å². The molecular formula is C21H20N2O2. The number of carboxylic acid groups (broad SMARTS) is 1. The molecule has 126 valence electrons. The summed E-state index contributed by atoms with van der Waals surface area (Å²) in [6.45, 7) is 4.20. The Kier molecular flexibility index (Phi) is 5.09. The Morgan fingerprint density at radius 1 is 1.04 bits per heavy atom. The summed E-state index contributed by atoms with van der Waals surface area (Å²) in [4.78, 5) is 16.5. The number of nitrogens with zero attached hydrogens (tertiary/aromatic N) is 2. The van der Waals surface area contributed by atoms with Crippen molar-refractivity contribution < 1.29 is 9.90 Å². The van der Waals surface area contributed by atoms with Crippen LogP contribution >= 0.6 is 0 Å². The number of aromatic carboxylic acids is 1. The number of carboxylic acids is 1. The Morgan fingerprint density at radius 2 is 1.64 bits per heavy atom. The third-order valence-electron chi connectivity index (χ3n) is 4.05. The van der Waals surface area contributed by atoms with Crippen LogP contribution in [0.25, 0.3) is 0 Å². The average molecular weight is 332 g/mol. The highest BCUT2D eigenvalue weighted by Gasteiger charge is 2.22. The maximum Gasteiger partial charge on any atom is 0.354 e. The molecule has 25 heavy (non-hydrogen) atoms. The van der Waals surface area contributed by atoms with Gasteiger partial charge in [0.2, 0.25) is 0 Å². The number of rotatable bonds is 7. The molecule has 0 atom stereocenters. The molecular weight excluding hydrogens is 312 g/mol. The first-order valence-corrected chi connectivity index (χ1v) is 8.19. The van der Waals surface area contributed by atoms with Crippen molar-refractivity contribution in [1.29, 1.82) is 0 Å². The number of carbonyl (C=O) groups is 1. The van der Waals surface area contributed by atoms with Gasteiger partial charge in [0.15, 0.2) is 5.69 Å². The molecule has 1 heterocycles. The van der Waals surface area contributed by atoms with Crippen molar-refractivity contribution in [2.45, 2.75) is 19.4 Å². The van der Waals surface area contributed by atoms with Crippen molar-refractivity contribution in [3.8, 4) is 0 Å². The van der Waals surface area contributed by atoms with E-state index in [1.807, 2.05) is 65.2 Å². The SMILES string of the molecule is C=CCc1nc(Cc2ccccc2)n(Cc2ccccc2)c1C(=O)O. The van der Waals surface area contributed by atoms with Gasteiger partial charge in [0.05, 0.1) is 5.69 Å². The molecule has 3 rings (SSSR count). The summed E-state index contributed by atoms with van der Waals surface area (Å²) in [5.74, 6) is -0.205. The van der Waals surface area contributed by atoms with Crippen LogP contribution in [0.1, 0.15) is 33.1 Å². The molecule has 0 radical (unpaired) electrons. The van der Waals surface area contributed by atoms with Crippen molar-refractivity contribution in [3.63, 3.8) is 0 Å². The quantitative estimate of drug-likeness (QED) is 0.667. The molecule has 2 aromatic carbocycles. The molecule has 0 unspecified atom stereocenters. The molecule has 0 fully saturated rings. The van der Waals surface area contributed by atoms with Crippen LogP contribution in [-0.2, 0) is 19.4 Å². The third kappa shape index (κ3) is 3.86. The Balaban J connectivity index is 2.06. The predicted molar refractivity (Wildman–Crippen MR) is 97.9 cm³/mol. The summed E-state index contributed by atoms with van der Waals surface area (Å²) in [5.41, 5.74) is 2.95. The lowest BCUT2D eigenvalue weighted by Crippen LogP contribution is -2.14. The molecule has 0 bridgehead atoms. The van der Waals surface area contributed by atoms with E-state index >= 15 is 0 Å². The standard InChI is InChI=1S/C21H20N2O2/c1-2-9-18-20(21(24)25)23(15-17-12-7-4-8-13-17)19(22-18)14-16-10-5-3-6-11-16/h2-8,10-13H,1,9,14-15H2,(H,24,25). The van der Waals surface area contributed by atoms with Gasteiger partial charge in [-0.05, 0) is 11.1 Å². The Morgan fingerprint density at radius 3 is 2.20 bits per heavy atom. The monoisotopic (exact) mass is 332 g/mol. The second-order valence-corrected chi connectivity index (χ2v) is 5.86. The van der Waals surface area contributed by atoms with Gasteiger partial charge in [0, 0.05) is 19.4 Å². The lowest BCUT2D eigenvalue weighted by atomic mass is 10.1. The van der Waals surface area contributed by atoms with Crippen LogP contribution in [0, 0.1) is 0 Å². The highest BCUT2D eigenvalue weighted by Crippen LogP contribution is 2.19. The molecule has 0 saturated heterocycles. The molecule has 0 amide bonds. The van der Waals surface area contributed by atoms with Crippen molar-refractivity contribution in [3.05, 3.63) is 102 Å². The van der Waals surface area contributed by atoms with Gasteiger partial charge in [0.25, 0.3) is 0 Å². The predicted octanol–water partition coefficient (Wildman–Crippen LogP) is 3.95. The smallest absolute Gasteiger partial charge is 0.354 e. The summed E-state index contributed by atoms with van der Waals surface area (Å²) in [7, 11) is 0. The Labute approximate surface area is 147 Å². The van der Waals surface area contributed by atoms with E-state index in [2.05, 4.69) is 11.6 Å². The van der Waals surface area contributed by atoms with Crippen LogP contribution in [0.15, 0.2) is 73.3 Å². The topological polar surface area (TPSA) is 55.1 Å². The maximum absolute atomic E-state index is 11.9. The van der Waals surface area contributed by atoms with Crippen molar-refractivity contribution in [1.82, 2.24) is 9.55 Å². The molecule has 0 saturated carbocycles. The van der Waals surface area contributed by atoms with Crippen LogP contribution in [0.5, 0.6) is 0 Å². The first kappa shape index (κ1) is 16.7. The number of hydrogen-bond acceptors (Lipinski definition) is 2. The van der Waals surface area contributed by atoms with Gasteiger partial charge in [-0.25, -0.2) is 9.78 Å². The number of aromatic nitrogens is 2. The van der Waals surface area contributed by atoms with Gasteiger partial charge < -0.3 is 9.67 Å². The lowest BCUT2D eigenvalue weighted by molar-refractivity contribution is 0.0684. The zero-order valence-electron chi connectivity index (χ0n) is 13.9.